The number of ether oxygens (including phenoxy) is 1. The zero-order valence-corrected chi connectivity index (χ0v) is 30.3. The quantitative estimate of drug-likeness (QED) is 0.0345. The van der Waals surface area contributed by atoms with Crippen molar-refractivity contribution < 1.29 is 34.1 Å². The number of nitrogens with zero attached hydrogens (tertiary/aromatic N) is 1. The summed E-state index contributed by atoms with van der Waals surface area (Å²) in [4.78, 5) is 47.9. The average molecular weight is 678 g/mol. The van der Waals surface area contributed by atoms with E-state index < -0.39 is 23.5 Å². The zero-order chi connectivity index (χ0) is 36.0. The number of nitrogens with two attached hydrogens (primary N) is 1. The Hall–Kier alpha value is -3.34. The second kappa shape index (κ2) is 23.9. The predicted molar refractivity (Wildman–Crippen MR) is 190 cm³/mol. The number of amides is 2. The van der Waals surface area contributed by atoms with E-state index in [1.54, 1.807) is 31.4 Å². The topological polar surface area (TPSA) is 171 Å². The highest BCUT2D eigenvalue weighted by molar-refractivity contribution is 8.16. The number of carboxylic acid groups (broad SMARTS) is 1. The number of thioether (sulfide) groups is 1. The molecule has 47 heavy (non-hydrogen) atoms. The second-order valence-electron chi connectivity index (χ2n) is 12.9. The number of hydrogen-bond donors (Lipinski definition) is 4. The number of esters is 1. The lowest BCUT2D eigenvalue weighted by Gasteiger charge is -2.37. The highest BCUT2D eigenvalue weighted by Crippen LogP contribution is 2.31. The molecular weight excluding hydrogens is 618 g/mol. The molecule has 0 aliphatic rings. The van der Waals surface area contributed by atoms with E-state index in [2.05, 4.69) is 33.4 Å². The van der Waals surface area contributed by atoms with E-state index in [-0.39, 0.29) is 41.0 Å². The van der Waals surface area contributed by atoms with E-state index in [9.17, 15) is 24.6 Å². The molecule has 0 aromatic heterocycles. The number of carboxylic acids is 1. The number of carbonyl (C=O) groups excluding carboxylic acids is 3. The van der Waals surface area contributed by atoms with E-state index >= 15 is 0 Å². The van der Waals surface area contributed by atoms with Crippen LogP contribution >= 0.6 is 11.8 Å². The molecular formula is C36H59N3O7S. The van der Waals surface area contributed by atoms with Crippen LogP contribution in [0.3, 0.4) is 0 Å². The highest BCUT2D eigenvalue weighted by Gasteiger charge is 2.32. The van der Waals surface area contributed by atoms with Gasteiger partial charge < -0.3 is 25.6 Å². The van der Waals surface area contributed by atoms with Crippen LogP contribution in [-0.2, 0) is 30.3 Å². The largest absolute Gasteiger partial charge is 0.508 e. The Morgan fingerprint density at radius 1 is 1.06 bits per heavy atom. The van der Waals surface area contributed by atoms with Gasteiger partial charge in [-0.1, -0.05) is 83.3 Å². The fourth-order valence-corrected chi connectivity index (χ4v) is 5.97. The standard InChI is InChI=1S/C35H56N2O6S.CH3NO/c1-8-10-12-13-20-37(32(40)14-11-9-2)30(25(3)4)23-31(43-26(5)38)33(36)44-21-19-28(24-35(6,7)34(41)42)22-27-15-17-29(39)18-16-27;2-1-3/h15-19,21,25,28,30-31,36,39H,8-14,20,22-24H2,1-7H3,(H,41,42);1H,(H2,2,3)/b21-19+,36-33?;. The van der Waals surface area contributed by atoms with Crippen molar-refractivity contribution >= 4 is 41.1 Å². The Balaban J connectivity index is 0.00000677. The number of rotatable bonds is 21. The molecule has 0 radical (unpaired) electrons. The van der Waals surface area contributed by atoms with Crippen LogP contribution in [0.2, 0.25) is 0 Å². The lowest BCUT2D eigenvalue weighted by Crippen LogP contribution is -2.46. The van der Waals surface area contributed by atoms with Gasteiger partial charge >= 0.3 is 11.9 Å². The molecule has 1 aromatic carbocycles. The fourth-order valence-electron chi connectivity index (χ4n) is 5.23. The van der Waals surface area contributed by atoms with Gasteiger partial charge in [-0.15, -0.1) is 0 Å². The summed E-state index contributed by atoms with van der Waals surface area (Å²) in [5.41, 5.74) is 4.17. The summed E-state index contributed by atoms with van der Waals surface area (Å²) in [7, 11) is 0. The van der Waals surface area contributed by atoms with E-state index in [4.69, 9.17) is 14.9 Å². The molecule has 2 amide bonds. The van der Waals surface area contributed by atoms with E-state index in [0.29, 0.717) is 32.2 Å². The highest BCUT2D eigenvalue weighted by atomic mass is 32.2. The maximum absolute atomic E-state index is 13.4. The number of hydrogen-bond acceptors (Lipinski definition) is 8. The third-order valence-electron chi connectivity index (χ3n) is 7.87. The third kappa shape index (κ3) is 18.6. The van der Waals surface area contributed by atoms with Crippen molar-refractivity contribution in [1.82, 2.24) is 4.90 Å². The molecule has 3 atom stereocenters. The van der Waals surface area contributed by atoms with Gasteiger partial charge in [-0.25, -0.2) is 0 Å². The molecule has 0 saturated carbocycles. The summed E-state index contributed by atoms with van der Waals surface area (Å²) in [6, 6.07) is 6.67. The van der Waals surface area contributed by atoms with Crippen molar-refractivity contribution in [3.63, 3.8) is 0 Å². The molecule has 0 heterocycles. The third-order valence-corrected chi connectivity index (χ3v) is 8.68. The first kappa shape index (κ1) is 43.7. The van der Waals surface area contributed by atoms with Crippen LogP contribution in [0.15, 0.2) is 35.7 Å². The lowest BCUT2D eigenvalue weighted by atomic mass is 9.80. The number of aliphatic carboxylic acids is 1. The first-order chi connectivity index (χ1) is 22.1. The van der Waals surface area contributed by atoms with Crippen LogP contribution in [0.1, 0.15) is 112 Å². The minimum atomic E-state index is -0.959. The van der Waals surface area contributed by atoms with Crippen molar-refractivity contribution in [2.75, 3.05) is 6.54 Å². The second-order valence-corrected chi connectivity index (χ2v) is 13.8. The maximum Gasteiger partial charge on any atom is 0.309 e. The molecule has 0 saturated heterocycles. The molecule has 11 heteroatoms. The molecule has 10 nitrogen and oxygen atoms in total. The van der Waals surface area contributed by atoms with Crippen molar-refractivity contribution in [3.05, 3.63) is 41.3 Å². The van der Waals surface area contributed by atoms with Gasteiger partial charge in [0.1, 0.15) is 10.8 Å². The van der Waals surface area contributed by atoms with Crippen LogP contribution in [0.4, 0.5) is 0 Å². The Morgan fingerprint density at radius 3 is 2.17 bits per heavy atom. The lowest BCUT2D eigenvalue weighted by molar-refractivity contribution is -0.148. The smallest absolute Gasteiger partial charge is 0.309 e. The number of carbonyl (C=O) groups is 4. The number of allylic oxidation sites excluding steroid dienone is 1. The summed E-state index contributed by atoms with van der Waals surface area (Å²) >= 11 is 1.15. The Bertz CT molecular complexity index is 1120. The molecule has 5 N–H and O–H groups in total. The summed E-state index contributed by atoms with van der Waals surface area (Å²) in [5.74, 6) is -1.13. The first-order valence-electron chi connectivity index (χ1n) is 16.7. The minimum Gasteiger partial charge on any atom is -0.508 e. The molecule has 0 aliphatic carbocycles. The molecule has 0 aliphatic heterocycles. The molecule has 0 fully saturated rings. The maximum atomic E-state index is 13.4. The number of benzene rings is 1. The molecule has 0 spiro atoms. The number of aromatic hydroxyl groups is 1. The molecule has 1 aromatic rings. The monoisotopic (exact) mass is 677 g/mol. The Morgan fingerprint density at radius 2 is 1.66 bits per heavy atom. The van der Waals surface area contributed by atoms with Gasteiger partial charge in [-0.05, 0) is 74.5 Å². The average Bonchev–Trinajstić information content (AvgIpc) is 2.99. The summed E-state index contributed by atoms with van der Waals surface area (Å²) in [6.07, 6.45) is 9.06. The number of phenolic OH excluding ortho intramolecular Hbond substituents is 1. The van der Waals surface area contributed by atoms with Crippen LogP contribution in [0, 0.1) is 22.7 Å². The van der Waals surface area contributed by atoms with E-state index in [1.165, 1.54) is 6.92 Å². The van der Waals surface area contributed by atoms with Gasteiger partial charge in [0.25, 0.3) is 0 Å². The number of unbranched alkanes of at least 4 members (excludes halogenated alkanes) is 4. The van der Waals surface area contributed by atoms with Crippen molar-refractivity contribution in [1.29, 1.82) is 5.41 Å². The van der Waals surface area contributed by atoms with Gasteiger partial charge in [0, 0.05) is 32.4 Å². The Labute approximate surface area is 286 Å². The molecule has 1 rings (SSSR count). The zero-order valence-electron chi connectivity index (χ0n) is 29.5. The normalized spacial score (nSPS) is 13.3. The van der Waals surface area contributed by atoms with Crippen molar-refractivity contribution in [2.24, 2.45) is 23.0 Å². The molecule has 3 unspecified atom stereocenters. The summed E-state index contributed by atoms with van der Waals surface area (Å²) in [5, 5.41) is 30.2. The van der Waals surface area contributed by atoms with Crippen LogP contribution in [0.5, 0.6) is 5.75 Å². The van der Waals surface area contributed by atoms with E-state index in [0.717, 1.165) is 55.9 Å². The SMILES string of the molecule is CCCCCCN(C(=O)CCCC)C(CC(OC(C)=O)C(=N)S/C=C/C(Cc1ccc(O)cc1)CC(C)(C)C(=O)O)C(C)C.NC=O. The van der Waals surface area contributed by atoms with Gasteiger partial charge in [0.15, 0.2) is 6.10 Å². The van der Waals surface area contributed by atoms with Crippen LogP contribution in [-0.4, -0.2) is 63.1 Å². The molecule has 266 valence electrons. The summed E-state index contributed by atoms with van der Waals surface area (Å²) in [6.45, 7) is 13.7. The number of primary amides is 1. The van der Waals surface area contributed by atoms with Crippen LogP contribution < -0.4 is 5.73 Å². The van der Waals surface area contributed by atoms with Gasteiger partial charge in [-0.2, -0.15) is 0 Å². The number of nitrogens with one attached hydrogen (secondary N) is 1. The van der Waals surface area contributed by atoms with Gasteiger partial charge in [0.2, 0.25) is 12.3 Å². The predicted octanol–water partition coefficient (Wildman–Crippen LogP) is 7.32. The number of phenols is 1. The Kier molecular flexibility index (Phi) is 22.2. The minimum absolute atomic E-state index is 0.103. The fraction of sp³-hybridized carbons (Fsp3) is 0.639. The van der Waals surface area contributed by atoms with Gasteiger partial charge in [0.05, 0.1) is 5.41 Å². The van der Waals surface area contributed by atoms with Crippen LogP contribution in [0.25, 0.3) is 0 Å². The molecule has 0 bridgehead atoms. The van der Waals surface area contributed by atoms with E-state index in [1.807, 2.05) is 23.1 Å². The summed E-state index contributed by atoms with van der Waals surface area (Å²) < 4.78 is 5.67. The van der Waals surface area contributed by atoms with Crippen molar-refractivity contribution in [2.45, 2.75) is 125 Å². The first-order valence-corrected chi connectivity index (χ1v) is 17.6. The van der Waals surface area contributed by atoms with Crippen molar-refractivity contribution in [3.8, 4) is 5.75 Å². The van der Waals surface area contributed by atoms with Gasteiger partial charge in [-0.3, -0.25) is 24.6 Å².